The molecule has 8 nitrogen and oxygen atoms in total. The number of alkyl carbamates (subject to hydrolysis) is 1. The molecular weight excluding hydrogens is 352 g/mol. The lowest BCUT2D eigenvalue weighted by Crippen LogP contribution is -2.49. The molecule has 0 unspecified atom stereocenters. The first-order valence-corrected chi connectivity index (χ1v) is 9.32. The number of hydrogen-bond acceptors (Lipinski definition) is 6. The number of hydrogen-bond donors (Lipinski definition) is 1. The molecule has 27 heavy (non-hydrogen) atoms. The second kappa shape index (κ2) is 9.28. The monoisotopic (exact) mass is 386 g/mol. The highest BCUT2D eigenvalue weighted by Gasteiger charge is 2.35. The molecule has 0 saturated carbocycles. The number of piperidine rings is 1. The van der Waals surface area contributed by atoms with E-state index in [4.69, 9.17) is 14.2 Å². The number of esters is 1. The maximum Gasteiger partial charge on any atom is 0.410 e. The highest BCUT2D eigenvalue weighted by molar-refractivity contribution is 5.70. The number of methoxy groups -OCH3 is 1. The standard InChI is InChI=1S/C19H34N2O6/c1-18(2,3)26-16(23)20-11-14-12-21(17(24)27-19(4,5)6)9-8-13(14)10-15(22)25-7/h13-14H,8-12H2,1-7H3,(H,20,23)/t13-,14-/m1/s1. The van der Waals surface area contributed by atoms with Gasteiger partial charge in [-0.3, -0.25) is 4.79 Å². The Labute approximate surface area is 161 Å². The molecule has 8 heteroatoms. The number of ether oxygens (including phenoxy) is 3. The molecule has 2 amide bonds. The van der Waals surface area contributed by atoms with Gasteiger partial charge in [0.2, 0.25) is 0 Å². The number of nitrogens with zero attached hydrogens (tertiary/aromatic N) is 1. The zero-order valence-electron chi connectivity index (χ0n) is 17.6. The number of carbonyl (C=O) groups is 3. The van der Waals surface area contributed by atoms with Crippen molar-refractivity contribution in [2.75, 3.05) is 26.7 Å². The summed E-state index contributed by atoms with van der Waals surface area (Å²) in [6, 6.07) is 0. The van der Waals surface area contributed by atoms with Crippen LogP contribution in [0.5, 0.6) is 0 Å². The zero-order chi connectivity index (χ0) is 20.8. The molecule has 0 radical (unpaired) electrons. The van der Waals surface area contributed by atoms with Crippen molar-refractivity contribution >= 4 is 18.2 Å². The quantitative estimate of drug-likeness (QED) is 0.590. The normalized spacial score (nSPS) is 20.6. The van der Waals surface area contributed by atoms with E-state index in [9.17, 15) is 14.4 Å². The van der Waals surface area contributed by atoms with E-state index in [-0.39, 0.29) is 30.3 Å². The molecule has 1 fully saturated rings. The molecule has 1 rings (SSSR count). The fourth-order valence-corrected chi connectivity index (χ4v) is 2.90. The summed E-state index contributed by atoms with van der Waals surface area (Å²) in [6.45, 7) is 12.0. The van der Waals surface area contributed by atoms with Crippen LogP contribution in [0, 0.1) is 11.8 Å². The van der Waals surface area contributed by atoms with Gasteiger partial charge in [0.15, 0.2) is 0 Å². The average molecular weight is 386 g/mol. The molecule has 0 aromatic rings. The predicted octanol–water partition coefficient (Wildman–Crippen LogP) is 2.95. The van der Waals surface area contributed by atoms with Crippen molar-refractivity contribution in [3.8, 4) is 0 Å². The first-order valence-electron chi connectivity index (χ1n) is 9.32. The number of likely N-dealkylation sites (tertiary alicyclic amines) is 1. The van der Waals surface area contributed by atoms with Gasteiger partial charge in [-0.25, -0.2) is 9.59 Å². The van der Waals surface area contributed by atoms with Crippen molar-refractivity contribution in [1.82, 2.24) is 10.2 Å². The molecule has 156 valence electrons. The Bertz CT molecular complexity index is 535. The predicted molar refractivity (Wildman–Crippen MR) is 100 cm³/mol. The Balaban J connectivity index is 2.74. The Morgan fingerprint density at radius 2 is 1.59 bits per heavy atom. The van der Waals surface area contributed by atoms with Crippen molar-refractivity contribution in [3.63, 3.8) is 0 Å². The van der Waals surface area contributed by atoms with Crippen LogP contribution in [0.2, 0.25) is 0 Å². The molecular formula is C19H34N2O6. The zero-order valence-corrected chi connectivity index (χ0v) is 17.6. The average Bonchev–Trinajstić information content (AvgIpc) is 2.50. The Hall–Kier alpha value is -1.99. The van der Waals surface area contributed by atoms with Crippen LogP contribution in [0.3, 0.4) is 0 Å². The minimum Gasteiger partial charge on any atom is -0.469 e. The first-order chi connectivity index (χ1) is 12.3. The van der Waals surface area contributed by atoms with Gasteiger partial charge in [-0.15, -0.1) is 0 Å². The summed E-state index contributed by atoms with van der Waals surface area (Å²) in [5, 5.41) is 2.75. The minimum absolute atomic E-state index is 0.00562. The molecule has 1 aliphatic rings. The lowest BCUT2D eigenvalue weighted by atomic mass is 9.83. The minimum atomic E-state index is -0.593. The van der Waals surface area contributed by atoms with Crippen molar-refractivity contribution in [2.24, 2.45) is 11.8 Å². The van der Waals surface area contributed by atoms with Crippen LogP contribution < -0.4 is 5.32 Å². The fraction of sp³-hybridized carbons (Fsp3) is 0.842. The Morgan fingerprint density at radius 3 is 2.11 bits per heavy atom. The van der Waals surface area contributed by atoms with Crippen LogP contribution in [-0.2, 0) is 19.0 Å². The van der Waals surface area contributed by atoms with Crippen molar-refractivity contribution in [3.05, 3.63) is 0 Å². The molecule has 0 aromatic carbocycles. The van der Waals surface area contributed by atoms with Gasteiger partial charge >= 0.3 is 18.2 Å². The summed E-state index contributed by atoms with van der Waals surface area (Å²) < 4.78 is 15.5. The molecule has 0 bridgehead atoms. The summed E-state index contributed by atoms with van der Waals surface area (Å²) in [6.07, 6.45) is -0.0241. The highest BCUT2D eigenvalue weighted by Crippen LogP contribution is 2.28. The number of carbonyl (C=O) groups excluding carboxylic acids is 3. The second-order valence-corrected chi connectivity index (χ2v) is 8.90. The van der Waals surface area contributed by atoms with Gasteiger partial charge in [-0.05, 0) is 59.8 Å². The van der Waals surface area contributed by atoms with Crippen LogP contribution in [0.4, 0.5) is 9.59 Å². The van der Waals surface area contributed by atoms with Gasteiger partial charge in [0.25, 0.3) is 0 Å². The molecule has 0 spiro atoms. The van der Waals surface area contributed by atoms with Gasteiger partial charge in [0.05, 0.1) is 7.11 Å². The largest absolute Gasteiger partial charge is 0.469 e. The van der Waals surface area contributed by atoms with Crippen molar-refractivity contribution < 1.29 is 28.6 Å². The molecule has 0 aromatic heterocycles. The van der Waals surface area contributed by atoms with Crippen LogP contribution in [0.1, 0.15) is 54.4 Å². The van der Waals surface area contributed by atoms with Gasteiger partial charge in [-0.2, -0.15) is 0 Å². The van der Waals surface area contributed by atoms with Gasteiger partial charge < -0.3 is 24.4 Å². The van der Waals surface area contributed by atoms with E-state index >= 15 is 0 Å². The lowest BCUT2D eigenvalue weighted by molar-refractivity contribution is -0.142. The third-order valence-corrected chi connectivity index (χ3v) is 4.11. The molecule has 1 aliphatic heterocycles. The Morgan fingerprint density at radius 1 is 1.00 bits per heavy atom. The second-order valence-electron chi connectivity index (χ2n) is 8.90. The topological polar surface area (TPSA) is 94.2 Å². The van der Waals surface area contributed by atoms with Gasteiger partial charge in [-0.1, -0.05) is 0 Å². The smallest absolute Gasteiger partial charge is 0.410 e. The number of nitrogens with one attached hydrogen (secondary N) is 1. The third-order valence-electron chi connectivity index (χ3n) is 4.11. The molecule has 1 saturated heterocycles. The molecule has 1 heterocycles. The van der Waals surface area contributed by atoms with Crippen molar-refractivity contribution in [2.45, 2.75) is 65.6 Å². The van der Waals surface area contributed by atoms with Crippen LogP contribution in [0.15, 0.2) is 0 Å². The summed E-state index contributed by atoms with van der Waals surface area (Å²) in [4.78, 5) is 37.7. The summed E-state index contributed by atoms with van der Waals surface area (Å²) in [7, 11) is 1.35. The van der Waals surface area contributed by atoms with Crippen LogP contribution in [-0.4, -0.2) is 61.0 Å². The van der Waals surface area contributed by atoms with E-state index in [0.29, 0.717) is 26.1 Å². The van der Waals surface area contributed by atoms with Gasteiger partial charge in [0, 0.05) is 26.1 Å². The highest BCUT2D eigenvalue weighted by atomic mass is 16.6. The SMILES string of the molecule is COC(=O)C[C@H]1CCN(C(=O)OC(C)(C)C)C[C@H]1CNC(=O)OC(C)(C)C. The third kappa shape index (κ3) is 8.97. The van der Waals surface area contributed by atoms with Crippen LogP contribution in [0.25, 0.3) is 0 Å². The number of rotatable bonds is 4. The van der Waals surface area contributed by atoms with E-state index < -0.39 is 17.3 Å². The van der Waals surface area contributed by atoms with Crippen LogP contribution >= 0.6 is 0 Å². The Kier molecular flexibility index (Phi) is 7.92. The summed E-state index contributed by atoms with van der Waals surface area (Å²) >= 11 is 0. The maximum absolute atomic E-state index is 12.4. The van der Waals surface area contributed by atoms with E-state index in [1.54, 1.807) is 25.7 Å². The first kappa shape index (κ1) is 23.0. The molecule has 2 atom stereocenters. The van der Waals surface area contributed by atoms with E-state index in [0.717, 1.165) is 0 Å². The lowest BCUT2D eigenvalue weighted by Gasteiger charge is -2.38. The summed E-state index contributed by atoms with van der Waals surface area (Å²) in [5.74, 6) is -0.392. The van der Waals surface area contributed by atoms with E-state index in [1.807, 2.05) is 20.8 Å². The maximum atomic E-state index is 12.4. The van der Waals surface area contributed by atoms with E-state index in [2.05, 4.69) is 5.32 Å². The molecule has 1 N–H and O–H groups in total. The molecule has 0 aliphatic carbocycles. The van der Waals surface area contributed by atoms with E-state index in [1.165, 1.54) is 7.11 Å². The van der Waals surface area contributed by atoms with Gasteiger partial charge in [0.1, 0.15) is 11.2 Å². The fourth-order valence-electron chi connectivity index (χ4n) is 2.90. The summed E-state index contributed by atoms with van der Waals surface area (Å²) in [5.41, 5.74) is -1.17. The number of amides is 2. The van der Waals surface area contributed by atoms with Crippen molar-refractivity contribution in [1.29, 1.82) is 0 Å².